The van der Waals surface area contributed by atoms with Gasteiger partial charge in [-0.1, -0.05) is 18.2 Å². The smallest absolute Gasteiger partial charge is 0.169 e. The van der Waals surface area contributed by atoms with Gasteiger partial charge in [-0.15, -0.1) is 0 Å². The van der Waals surface area contributed by atoms with E-state index in [1.54, 1.807) is 0 Å². The van der Waals surface area contributed by atoms with Crippen LogP contribution in [0.1, 0.15) is 25.0 Å². The van der Waals surface area contributed by atoms with Gasteiger partial charge in [0.2, 0.25) is 0 Å². The van der Waals surface area contributed by atoms with Crippen LogP contribution in [0.3, 0.4) is 0 Å². The van der Waals surface area contributed by atoms with Crippen molar-refractivity contribution in [1.29, 1.82) is 0 Å². The zero-order valence-corrected chi connectivity index (χ0v) is 11.4. The zero-order chi connectivity index (χ0) is 13.4. The molecule has 0 saturated carbocycles. The van der Waals surface area contributed by atoms with Crippen LogP contribution >= 0.6 is 0 Å². The monoisotopic (exact) mass is 253 g/mol. The van der Waals surface area contributed by atoms with Crippen LogP contribution in [0.5, 0.6) is 5.75 Å². The van der Waals surface area contributed by atoms with Crippen LogP contribution in [-0.2, 0) is 16.0 Å². The number of phenols is 1. The molecular formula is C14H23NO3. The van der Waals surface area contributed by atoms with Crippen LogP contribution in [0.25, 0.3) is 0 Å². The van der Waals surface area contributed by atoms with E-state index in [0.29, 0.717) is 32.1 Å². The molecule has 0 aliphatic rings. The van der Waals surface area contributed by atoms with E-state index in [0.717, 1.165) is 11.1 Å². The van der Waals surface area contributed by atoms with Gasteiger partial charge in [0.15, 0.2) is 6.29 Å². The second-order valence-corrected chi connectivity index (χ2v) is 4.05. The van der Waals surface area contributed by atoms with Crippen molar-refractivity contribution in [2.24, 2.45) is 0 Å². The highest BCUT2D eigenvalue weighted by atomic mass is 16.7. The van der Waals surface area contributed by atoms with Crippen molar-refractivity contribution < 1.29 is 14.6 Å². The maximum absolute atomic E-state index is 9.87. The highest BCUT2D eigenvalue weighted by Gasteiger charge is 2.08. The van der Waals surface area contributed by atoms with Gasteiger partial charge in [0, 0.05) is 31.9 Å². The first-order valence-corrected chi connectivity index (χ1v) is 6.40. The van der Waals surface area contributed by atoms with Gasteiger partial charge in [0.1, 0.15) is 5.75 Å². The van der Waals surface area contributed by atoms with E-state index in [-0.39, 0.29) is 6.29 Å². The second kappa shape index (κ2) is 8.08. The van der Waals surface area contributed by atoms with E-state index in [1.165, 1.54) is 0 Å². The first-order valence-electron chi connectivity index (χ1n) is 6.40. The van der Waals surface area contributed by atoms with Crippen molar-refractivity contribution in [2.75, 3.05) is 19.8 Å². The molecule has 0 amide bonds. The van der Waals surface area contributed by atoms with Crippen LogP contribution < -0.4 is 5.32 Å². The molecule has 2 N–H and O–H groups in total. The van der Waals surface area contributed by atoms with Crippen molar-refractivity contribution in [3.05, 3.63) is 29.3 Å². The predicted octanol–water partition coefficient (Wildman–Crippen LogP) is 2.19. The van der Waals surface area contributed by atoms with Crippen molar-refractivity contribution in [3.63, 3.8) is 0 Å². The Morgan fingerprint density at radius 2 is 1.89 bits per heavy atom. The minimum absolute atomic E-state index is 0.230. The number of hydrogen-bond acceptors (Lipinski definition) is 4. The summed E-state index contributed by atoms with van der Waals surface area (Å²) in [6, 6.07) is 5.74. The molecule has 4 nitrogen and oxygen atoms in total. The molecule has 18 heavy (non-hydrogen) atoms. The third kappa shape index (κ3) is 4.64. The lowest BCUT2D eigenvalue weighted by molar-refractivity contribution is -0.133. The van der Waals surface area contributed by atoms with Crippen molar-refractivity contribution in [1.82, 2.24) is 5.32 Å². The summed E-state index contributed by atoms with van der Waals surface area (Å²) in [6.45, 7) is 8.24. The minimum atomic E-state index is -0.230. The van der Waals surface area contributed by atoms with E-state index in [1.807, 2.05) is 39.0 Å². The van der Waals surface area contributed by atoms with Crippen molar-refractivity contribution in [3.8, 4) is 5.75 Å². The molecule has 0 aromatic heterocycles. The van der Waals surface area contributed by atoms with Gasteiger partial charge < -0.3 is 19.9 Å². The molecule has 1 aromatic carbocycles. The summed E-state index contributed by atoms with van der Waals surface area (Å²) in [6.07, 6.45) is -0.230. The standard InChI is InChI=1S/C14H23NO3/c1-4-17-13(18-5-2)10-15-9-12-8-6-7-11(3)14(12)16/h6-8,13,15-16H,4-5,9-10H2,1-3H3. The van der Waals surface area contributed by atoms with Crippen LogP contribution in [0.2, 0.25) is 0 Å². The second-order valence-electron chi connectivity index (χ2n) is 4.05. The largest absolute Gasteiger partial charge is 0.507 e. The number of nitrogens with one attached hydrogen (secondary N) is 1. The number of para-hydroxylation sites is 1. The van der Waals surface area contributed by atoms with Gasteiger partial charge >= 0.3 is 0 Å². The summed E-state index contributed by atoms with van der Waals surface area (Å²) < 4.78 is 10.9. The van der Waals surface area contributed by atoms with Gasteiger partial charge in [-0.25, -0.2) is 0 Å². The molecule has 0 unspecified atom stereocenters. The van der Waals surface area contributed by atoms with E-state index >= 15 is 0 Å². The number of rotatable bonds is 8. The third-order valence-corrected chi connectivity index (χ3v) is 2.65. The van der Waals surface area contributed by atoms with Crippen molar-refractivity contribution >= 4 is 0 Å². The SMILES string of the molecule is CCOC(CNCc1cccc(C)c1O)OCC. The fourth-order valence-corrected chi connectivity index (χ4v) is 1.72. The number of aryl methyl sites for hydroxylation is 1. The molecule has 0 atom stereocenters. The van der Waals surface area contributed by atoms with E-state index in [9.17, 15) is 5.11 Å². The molecule has 0 saturated heterocycles. The van der Waals surface area contributed by atoms with Gasteiger partial charge in [-0.05, 0) is 26.3 Å². The Balaban J connectivity index is 2.42. The number of phenolic OH excluding ortho intramolecular Hbond substituents is 1. The summed E-state index contributed by atoms with van der Waals surface area (Å²) in [5.74, 6) is 0.356. The van der Waals surface area contributed by atoms with Crippen LogP contribution in [0, 0.1) is 6.92 Å². The van der Waals surface area contributed by atoms with E-state index < -0.39 is 0 Å². The lowest BCUT2D eigenvalue weighted by Crippen LogP contribution is -2.31. The number of hydrogen-bond donors (Lipinski definition) is 2. The Bertz CT molecular complexity index is 349. The third-order valence-electron chi connectivity index (χ3n) is 2.65. The van der Waals surface area contributed by atoms with Gasteiger partial charge in [-0.2, -0.15) is 0 Å². The fraction of sp³-hybridized carbons (Fsp3) is 0.571. The molecule has 0 radical (unpaired) electrons. The van der Waals surface area contributed by atoms with Crippen LogP contribution in [0.4, 0.5) is 0 Å². The summed E-state index contributed by atoms with van der Waals surface area (Å²) in [7, 11) is 0. The molecular weight excluding hydrogens is 230 g/mol. The molecule has 0 aliphatic heterocycles. The molecule has 0 bridgehead atoms. The molecule has 0 heterocycles. The Hall–Kier alpha value is -1.10. The number of ether oxygens (including phenoxy) is 2. The predicted molar refractivity (Wildman–Crippen MR) is 71.6 cm³/mol. The Kier molecular flexibility index (Phi) is 6.72. The summed E-state index contributed by atoms with van der Waals surface area (Å²) >= 11 is 0. The van der Waals surface area contributed by atoms with E-state index in [2.05, 4.69) is 5.32 Å². The molecule has 4 heteroatoms. The zero-order valence-electron chi connectivity index (χ0n) is 11.4. The summed E-state index contributed by atoms with van der Waals surface area (Å²) in [5, 5.41) is 13.1. The molecule has 0 spiro atoms. The minimum Gasteiger partial charge on any atom is -0.507 e. The maximum Gasteiger partial charge on any atom is 0.169 e. The lowest BCUT2D eigenvalue weighted by Gasteiger charge is -2.17. The number of benzene rings is 1. The average molecular weight is 253 g/mol. The lowest BCUT2D eigenvalue weighted by atomic mass is 10.1. The highest BCUT2D eigenvalue weighted by Crippen LogP contribution is 2.20. The van der Waals surface area contributed by atoms with Crippen LogP contribution in [0.15, 0.2) is 18.2 Å². The highest BCUT2D eigenvalue weighted by molar-refractivity contribution is 5.39. The molecule has 1 aromatic rings. The fourth-order valence-electron chi connectivity index (χ4n) is 1.72. The Morgan fingerprint density at radius 1 is 1.22 bits per heavy atom. The quantitative estimate of drug-likeness (QED) is 0.697. The van der Waals surface area contributed by atoms with Gasteiger partial charge in [-0.3, -0.25) is 0 Å². The first-order chi connectivity index (χ1) is 8.69. The Morgan fingerprint density at radius 3 is 2.50 bits per heavy atom. The summed E-state index contributed by atoms with van der Waals surface area (Å²) in [4.78, 5) is 0. The molecule has 0 aliphatic carbocycles. The average Bonchev–Trinajstić information content (AvgIpc) is 2.35. The molecule has 0 fully saturated rings. The Labute approximate surface area is 109 Å². The van der Waals surface area contributed by atoms with E-state index in [4.69, 9.17) is 9.47 Å². The first kappa shape index (κ1) is 15.0. The van der Waals surface area contributed by atoms with Crippen molar-refractivity contribution in [2.45, 2.75) is 33.6 Å². The van der Waals surface area contributed by atoms with Gasteiger partial charge in [0.25, 0.3) is 0 Å². The molecule has 1 rings (SSSR count). The van der Waals surface area contributed by atoms with Gasteiger partial charge in [0.05, 0.1) is 0 Å². The topological polar surface area (TPSA) is 50.7 Å². The van der Waals surface area contributed by atoms with Crippen LogP contribution in [-0.4, -0.2) is 31.2 Å². The number of aromatic hydroxyl groups is 1. The maximum atomic E-state index is 9.87. The summed E-state index contributed by atoms with van der Waals surface area (Å²) in [5.41, 5.74) is 1.78. The molecule has 102 valence electrons. The normalized spacial score (nSPS) is 11.1.